The summed E-state index contributed by atoms with van der Waals surface area (Å²) in [6.07, 6.45) is 5.61. The van der Waals surface area contributed by atoms with Gasteiger partial charge in [0, 0.05) is 29.0 Å². The molecule has 0 bridgehead atoms. The molecule has 0 unspecified atom stereocenters. The molecule has 1 aliphatic carbocycles. The lowest BCUT2D eigenvalue weighted by molar-refractivity contribution is -0.143. The van der Waals surface area contributed by atoms with Crippen LogP contribution in [0.5, 0.6) is 5.88 Å². The number of carbonyl (C=O) groups excluding carboxylic acids is 1. The molecule has 6 nitrogen and oxygen atoms in total. The SMILES string of the molecule is C[C@H](NC(=O)C(C)(F)F)[C@@H](c1ccc(OC2CC2)nc1)n1ncc2cc(Br)ccc21. The van der Waals surface area contributed by atoms with E-state index in [0.29, 0.717) is 12.8 Å². The maximum absolute atomic E-state index is 13.5. The van der Waals surface area contributed by atoms with Crippen LogP contribution in [0.3, 0.4) is 0 Å². The van der Waals surface area contributed by atoms with Gasteiger partial charge < -0.3 is 10.1 Å². The predicted molar refractivity (Wildman–Crippen MR) is 112 cm³/mol. The van der Waals surface area contributed by atoms with Crippen LogP contribution in [0.4, 0.5) is 8.78 Å². The van der Waals surface area contributed by atoms with Crippen LogP contribution in [0.25, 0.3) is 10.9 Å². The molecule has 0 aliphatic heterocycles. The third-order valence-corrected chi connectivity index (χ3v) is 5.46. The lowest BCUT2D eigenvalue weighted by Crippen LogP contribution is -2.46. The Balaban J connectivity index is 1.70. The Kier molecular flexibility index (Phi) is 5.48. The molecule has 0 saturated heterocycles. The van der Waals surface area contributed by atoms with Crippen LogP contribution in [-0.2, 0) is 4.79 Å². The van der Waals surface area contributed by atoms with Gasteiger partial charge in [-0.15, -0.1) is 0 Å². The first kappa shape index (κ1) is 20.7. The van der Waals surface area contributed by atoms with E-state index in [0.717, 1.165) is 33.8 Å². The van der Waals surface area contributed by atoms with Crippen LogP contribution in [0.1, 0.15) is 38.3 Å². The third-order valence-electron chi connectivity index (χ3n) is 4.96. The predicted octanol–water partition coefficient (Wildman–Crippen LogP) is 4.48. The van der Waals surface area contributed by atoms with E-state index in [9.17, 15) is 13.6 Å². The Morgan fingerprint density at radius 2 is 2.07 bits per heavy atom. The van der Waals surface area contributed by atoms with Gasteiger partial charge in [-0.2, -0.15) is 13.9 Å². The molecular weight excluding hydrogens is 458 g/mol. The summed E-state index contributed by atoms with van der Waals surface area (Å²) in [7, 11) is 0. The van der Waals surface area contributed by atoms with Crippen LogP contribution >= 0.6 is 15.9 Å². The van der Waals surface area contributed by atoms with E-state index in [1.54, 1.807) is 30.1 Å². The number of amides is 1. The first-order chi connectivity index (χ1) is 14.2. The van der Waals surface area contributed by atoms with Crippen molar-refractivity contribution in [3.63, 3.8) is 0 Å². The molecule has 1 aromatic carbocycles. The van der Waals surface area contributed by atoms with Crippen LogP contribution in [0.15, 0.2) is 47.2 Å². The molecule has 30 heavy (non-hydrogen) atoms. The fourth-order valence-corrected chi connectivity index (χ4v) is 3.67. The average molecular weight is 479 g/mol. The standard InChI is InChI=1S/C21H21BrF2N4O2/c1-12(27-20(29)21(2,23)24)19(13-3-8-18(25-10-13)30-16-5-6-16)28-17-7-4-15(22)9-14(17)11-26-28/h3-4,7-12,16,19H,5-6H2,1-2H3,(H,27,29)/t12-,19-/m0/s1. The van der Waals surface area contributed by atoms with Gasteiger partial charge in [0.05, 0.1) is 23.8 Å². The maximum atomic E-state index is 13.5. The Morgan fingerprint density at radius 3 is 2.70 bits per heavy atom. The molecule has 2 heterocycles. The van der Waals surface area contributed by atoms with Gasteiger partial charge in [-0.25, -0.2) is 4.98 Å². The number of alkyl halides is 2. The molecule has 4 rings (SSSR count). The topological polar surface area (TPSA) is 69.0 Å². The summed E-state index contributed by atoms with van der Waals surface area (Å²) in [6, 6.07) is 8.06. The molecule has 1 aliphatic rings. The molecule has 3 aromatic rings. The summed E-state index contributed by atoms with van der Waals surface area (Å²) in [5.74, 6) is -4.29. The Bertz CT molecular complexity index is 1060. The summed E-state index contributed by atoms with van der Waals surface area (Å²) in [5.41, 5.74) is 1.53. The van der Waals surface area contributed by atoms with Crippen molar-refractivity contribution in [3.05, 3.63) is 52.8 Å². The van der Waals surface area contributed by atoms with Crippen molar-refractivity contribution in [2.75, 3.05) is 0 Å². The Hall–Kier alpha value is -2.55. The fourth-order valence-electron chi connectivity index (χ4n) is 3.29. The van der Waals surface area contributed by atoms with E-state index in [1.165, 1.54) is 0 Å². The van der Waals surface area contributed by atoms with Crippen molar-refractivity contribution < 1.29 is 18.3 Å². The van der Waals surface area contributed by atoms with Crippen molar-refractivity contribution in [1.29, 1.82) is 0 Å². The van der Waals surface area contributed by atoms with Crippen molar-refractivity contribution in [2.24, 2.45) is 0 Å². The van der Waals surface area contributed by atoms with E-state index in [4.69, 9.17) is 4.74 Å². The van der Waals surface area contributed by atoms with Crippen LogP contribution in [0.2, 0.25) is 0 Å². The Morgan fingerprint density at radius 1 is 1.30 bits per heavy atom. The molecule has 1 amide bonds. The van der Waals surface area contributed by atoms with Crippen molar-refractivity contribution in [1.82, 2.24) is 20.1 Å². The Labute approximate surface area is 180 Å². The number of nitrogens with zero attached hydrogens (tertiary/aromatic N) is 3. The summed E-state index contributed by atoms with van der Waals surface area (Å²) in [4.78, 5) is 16.3. The highest BCUT2D eigenvalue weighted by Crippen LogP contribution is 2.30. The van der Waals surface area contributed by atoms with Gasteiger partial charge in [-0.3, -0.25) is 9.48 Å². The second kappa shape index (κ2) is 7.94. The molecular formula is C21H21BrF2N4O2. The average Bonchev–Trinajstić information content (AvgIpc) is 3.41. The minimum absolute atomic E-state index is 0.220. The lowest BCUT2D eigenvalue weighted by Gasteiger charge is -2.27. The molecule has 1 saturated carbocycles. The number of halogens is 3. The van der Waals surface area contributed by atoms with Crippen LogP contribution in [0, 0.1) is 0 Å². The van der Waals surface area contributed by atoms with Crippen molar-refractivity contribution in [3.8, 4) is 5.88 Å². The zero-order valence-electron chi connectivity index (χ0n) is 16.5. The van der Waals surface area contributed by atoms with Gasteiger partial charge in [-0.1, -0.05) is 15.9 Å². The number of ether oxygens (including phenoxy) is 1. The first-order valence-corrected chi connectivity index (χ1v) is 10.5. The van der Waals surface area contributed by atoms with Gasteiger partial charge >= 0.3 is 5.92 Å². The van der Waals surface area contributed by atoms with E-state index in [-0.39, 0.29) is 6.10 Å². The second-order valence-corrected chi connectivity index (χ2v) is 8.55. The summed E-state index contributed by atoms with van der Waals surface area (Å²) < 4.78 is 35.3. The molecule has 9 heteroatoms. The second-order valence-electron chi connectivity index (χ2n) is 7.63. The third kappa shape index (κ3) is 4.45. The van der Waals surface area contributed by atoms with Gasteiger partial charge in [0.25, 0.3) is 5.91 Å². The number of hydrogen-bond acceptors (Lipinski definition) is 4. The molecule has 0 radical (unpaired) electrons. The monoisotopic (exact) mass is 478 g/mol. The smallest absolute Gasteiger partial charge is 0.321 e. The zero-order valence-corrected chi connectivity index (χ0v) is 18.1. The highest BCUT2D eigenvalue weighted by Gasteiger charge is 2.35. The van der Waals surface area contributed by atoms with Crippen LogP contribution in [-0.4, -0.2) is 38.7 Å². The molecule has 0 spiro atoms. The number of benzene rings is 1. The van der Waals surface area contributed by atoms with Crippen molar-refractivity contribution in [2.45, 2.75) is 50.8 Å². The van der Waals surface area contributed by atoms with E-state index >= 15 is 0 Å². The van der Waals surface area contributed by atoms with E-state index in [2.05, 4.69) is 31.3 Å². The molecule has 2 atom stereocenters. The number of carbonyl (C=O) groups is 1. The maximum Gasteiger partial charge on any atom is 0.321 e. The normalized spacial score (nSPS) is 16.3. The van der Waals surface area contributed by atoms with Crippen LogP contribution < -0.4 is 10.1 Å². The number of fused-ring (bicyclic) bond motifs is 1. The van der Waals surface area contributed by atoms with E-state index < -0.39 is 23.9 Å². The molecule has 2 aromatic heterocycles. The number of nitrogens with one attached hydrogen (secondary N) is 1. The summed E-state index contributed by atoms with van der Waals surface area (Å²) >= 11 is 3.44. The molecule has 1 fully saturated rings. The summed E-state index contributed by atoms with van der Waals surface area (Å²) in [6.45, 7) is 2.26. The highest BCUT2D eigenvalue weighted by atomic mass is 79.9. The van der Waals surface area contributed by atoms with Gasteiger partial charge in [-0.05, 0) is 49.6 Å². The molecule has 158 valence electrons. The number of rotatable bonds is 7. The van der Waals surface area contributed by atoms with E-state index in [1.807, 2.05) is 24.3 Å². The minimum Gasteiger partial charge on any atom is -0.474 e. The lowest BCUT2D eigenvalue weighted by atomic mass is 10.0. The highest BCUT2D eigenvalue weighted by molar-refractivity contribution is 9.10. The minimum atomic E-state index is -3.48. The zero-order chi connectivity index (χ0) is 21.5. The quantitative estimate of drug-likeness (QED) is 0.543. The summed E-state index contributed by atoms with van der Waals surface area (Å²) in [5, 5.41) is 7.79. The van der Waals surface area contributed by atoms with Crippen molar-refractivity contribution >= 4 is 32.7 Å². The number of pyridine rings is 1. The largest absolute Gasteiger partial charge is 0.474 e. The van der Waals surface area contributed by atoms with Gasteiger partial charge in [0.2, 0.25) is 5.88 Å². The number of hydrogen-bond donors (Lipinski definition) is 1. The van der Waals surface area contributed by atoms with Gasteiger partial charge in [0.1, 0.15) is 6.10 Å². The molecule has 1 N–H and O–H groups in total. The number of aromatic nitrogens is 3. The first-order valence-electron chi connectivity index (χ1n) is 9.66. The fraction of sp³-hybridized carbons (Fsp3) is 0.381. The van der Waals surface area contributed by atoms with Gasteiger partial charge in [0.15, 0.2) is 0 Å².